The first-order valence-corrected chi connectivity index (χ1v) is 12.0. The number of ether oxygens (including phenoxy) is 2. The summed E-state index contributed by atoms with van der Waals surface area (Å²) in [6.07, 6.45) is 0. The van der Waals surface area contributed by atoms with Gasteiger partial charge in [-0.1, -0.05) is 23.9 Å². The monoisotopic (exact) mass is 510 g/mol. The van der Waals surface area contributed by atoms with Crippen molar-refractivity contribution in [3.63, 3.8) is 0 Å². The summed E-state index contributed by atoms with van der Waals surface area (Å²) in [7, 11) is 0. The summed E-state index contributed by atoms with van der Waals surface area (Å²) in [5.41, 5.74) is 6.69. The molecular formula is C20H26N6O6S2. The lowest BCUT2D eigenvalue weighted by molar-refractivity contribution is -0.146. The smallest absolute Gasteiger partial charge is 0.337 e. The zero-order chi connectivity index (χ0) is 24.9. The third-order valence-corrected chi connectivity index (χ3v) is 5.50. The van der Waals surface area contributed by atoms with Gasteiger partial charge in [-0.3, -0.25) is 19.8 Å². The highest BCUT2D eigenvalue weighted by molar-refractivity contribution is 7.98. The van der Waals surface area contributed by atoms with Gasteiger partial charge in [-0.05, 0) is 31.5 Å². The second-order valence-corrected chi connectivity index (χ2v) is 8.27. The molecule has 14 heteroatoms. The molecule has 34 heavy (non-hydrogen) atoms. The van der Waals surface area contributed by atoms with Crippen LogP contribution in [0.4, 0.5) is 15.6 Å². The number of urea groups is 1. The van der Waals surface area contributed by atoms with Crippen molar-refractivity contribution in [3.8, 4) is 0 Å². The summed E-state index contributed by atoms with van der Waals surface area (Å²) in [5.74, 6) is -0.881. The molecule has 3 N–H and O–H groups in total. The average molecular weight is 511 g/mol. The Balaban J connectivity index is 1.90. The largest absolute Gasteiger partial charge is 0.465 e. The van der Waals surface area contributed by atoms with Crippen molar-refractivity contribution in [3.05, 3.63) is 29.8 Å². The predicted octanol–water partition coefficient (Wildman–Crippen LogP) is 2.25. The highest BCUT2D eigenvalue weighted by atomic mass is 32.2. The Morgan fingerprint density at radius 2 is 1.76 bits per heavy atom. The summed E-state index contributed by atoms with van der Waals surface area (Å²) in [6, 6.07) is 6.69. The van der Waals surface area contributed by atoms with Crippen LogP contribution < -0.4 is 16.2 Å². The summed E-state index contributed by atoms with van der Waals surface area (Å²) in [6.45, 7) is 4.17. The van der Waals surface area contributed by atoms with Crippen LogP contribution in [-0.2, 0) is 29.6 Å². The number of thioether (sulfide) groups is 1. The average Bonchev–Trinajstić information content (AvgIpc) is 3.23. The lowest BCUT2D eigenvalue weighted by atomic mass is 10.2. The highest BCUT2D eigenvalue weighted by Gasteiger charge is 2.22. The van der Waals surface area contributed by atoms with E-state index in [-0.39, 0.29) is 19.1 Å². The van der Waals surface area contributed by atoms with Crippen LogP contribution in [-0.4, -0.2) is 64.4 Å². The number of aromatic nitrogens is 2. The molecule has 0 aliphatic carbocycles. The summed E-state index contributed by atoms with van der Waals surface area (Å²) >= 11 is 2.41. The first kappa shape index (κ1) is 26.9. The van der Waals surface area contributed by atoms with Gasteiger partial charge in [0.25, 0.3) is 0 Å². The van der Waals surface area contributed by atoms with Gasteiger partial charge in [0, 0.05) is 29.9 Å². The minimum absolute atomic E-state index is 0.146. The van der Waals surface area contributed by atoms with Crippen molar-refractivity contribution in [2.24, 2.45) is 0 Å². The first-order valence-electron chi connectivity index (χ1n) is 10.3. The van der Waals surface area contributed by atoms with Gasteiger partial charge < -0.3 is 19.7 Å². The van der Waals surface area contributed by atoms with E-state index >= 15 is 0 Å². The van der Waals surface area contributed by atoms with Gasteiger partial charge >= 0.3 is 18.0 Å². The maximum atomic E-state index is 12.5. The standard InChI is InChI=1S/C20H26N6O6S2/c1-4-31-16(28)10-26(11-17(29)32-5-2)20(30)24-23-18-22-19(25-34-18)33-12-14-7-6-8-15(9-14)21-13(3)27/h6-9H,4-5,10-12H2,1-3H3,(H,21,27)(H,24,30)(H,22,23,25). The van der Waals surface area contributed by atoms with Crippen LogP contribution in [0.25, 0.3) is 0 Å². The molecule has 2 rings (SSSR count). The van der Waals surface area contributed by atoms with E-state index in [1.54, 1.807) is 19.9 Å². The molecule has 0 spiro atoms. The second kappa shape index (κ2) is 14.0. The number of hydrazine groups is 1. The van der Waals surface area contributed by atoms with Gasteiger partial charge in [0.1, 0.15) is 13.1 Å². The van der Waals surface area contributed by atoms with Crippen molar-refractivity contribution in [1.29, 1.82) is 0 Å². The Bertz CT molecular complexity index is 981. The molecule has 2 aromatic rings. The fraction of sp³-hybridized carbons (Fsp3) is 0.400. The number of carbonyl (C=O) groups is 4. The van der Waals surface area contributed by atoms with Crippen molar-refractivity contribution in [2.45, 2.75) is 31.7 Å². The maximum absolute atomic E-state index is 12.5. The molecule has 0 atom stereocenters. The second-order valence-electron chi connectivity index (χ2n) is 6.57. The molecule has 0 aliphatic heterocycles. The minimum atomic E-state index is -0.736. The number of hydrogen-bond donors (Lipinski definition) is 3. The lowest BCUT2D eigenvalue weighted by Crippen LogP contribution is -2.47. The zero-order valence-electron chi connectivity index (χ0n) is 19.0. The van der Waals surface area contributed by atoms with Crippen LogP contribution in [0.15, 0.2) is 29.4 Å². The molecule has 1 aromatic carbocycles. The van der Waals surface area contributed by atoms with Crippen LogP contribution in [0.5, 0.6) is 0 Å². The Kier molecular flexibility index (Phi) is 11.1. The van der Waals surface area contributed by atoms with Crippen molar-refractivity contribution >= 4 is 58.0 Å². The molecule has 1 heterocycles. The van der Waals surface area contributed by atoms with Crippen LogP contribution in [0.3, 0.4) is 0 Å². The number of nitrogens with one attached hydrogen (secondary N) is 3. The van der Waals surface area contributed by atoms with E-state index in [2.05, 4.69) is 25.5 Å². The van der Waals surface area contributed by atoms with Crippen LogP contribution >= 0.6 is 23.3 Å². The first-order chi connectivity index (χ1) is 16.3. The number of amides is 3. The van der Waals surface area contributed by atoms with E-state index < -0.39 is 31.1 Å². The van der Waals surface area contributed by atoms with E-state index in [1.165, 1.54) is 18.7 Å². The number of nitrogens with zero attached hydrogens (tertiary/aromatic N) is 3. The third-order valence-electron chi connectivity index (χ3n) is 3.84. The molecule has 0 saturated carbocycles. The van der Waals surface area contributed by atoms with Gasteiger partial charge in [0.15, 0.2) is 0 Å². The molecule has 1 aromatic heterocycles. The fourth-order valence-corrected chi connectivity index (χ4v) is 3.96. The topological polar surface area (TPSA) is 152 Å². The van der Waals surface area contributed by atoms with Crippen LogP contribution in [0.2, 0.25) is 0 Å². The molecule has 0 bridgehead atoms. The van der Waals surface area contributed by atoms with E-state index in [9.17, 15) is 19.2 Å². The highest BCUT2D eigenvalue weighted by Crippen LogP contribution is 2.24. The van der Waals surface area contributed by atoms with E-state index in [1.807, 2.05) is 18.2 Å². The molecule has 0 fully saturated rings. The molecule has 0 radical (unpaired) electrons. The molecule has 12 nitrogen and oxygen atoms in total. The van der Waals surface area contributed by atoms with Crippen LogP contribution in [0, 0.1) is 0 Å². The quantitative estimate of drug-likeness (QED) is 0.220. The molecule has 184 valence electrons. The lowest BCUT2D eigenvalue weighted by Gasteiger charge is -2.21. The fourth-order valence-electron chi connectivity index (χ4n) is 2.52. The summed E-state index contributed by atoms with van der Waals surface area (Å²) in [5, 5.41) is 3.53. The SMILES string of the molecule is CCOC(=O)CN(CC(=O)OCC)C(=O)NNc1nc(SCc2cccc(NC(C)=O)c2)ns1. The predicted molar refractivity (Wildman–Crippen MR) is 127 cm³/mol. The van der Waals surface area contributed by atoms with E-state index in [0.29, 0.717) is 21.7 Å². The summed E-state index contributed by atoms with van der Waals surface area (Å²) < 4.78 is 13.9. The zero-order valence-corrected chi connectivity index (χ0v) is 20.6. The van der Waals surface area contributed by atoms with E-state index in [0.717, 1.165) is 22.0 Å². The summed E-state index contributed by atoms with van der Waals surface area (Å²) in [4.78, 5) is 52.5. The van der Waals surface area contributed by atoms with Crippen LogP contribution in [0.1, 0.15) is 26.3 Å². The molecule has 0 aliphatic rings. The number of benzene rings is 1. The van der Waals surface area contributed by atoms with Crippen molar-refractivity contribution in [1.82, 2.24) is 19.7 Å². The number of anilines is 2. The number of carbonyl (C=O) groups excluding carboxylic acids is 4. The minimum Gasteiger partial charge on any atom is -0.465 e. The number of esters is 2. The van der Waals surface area contributed by atoms with Gasteiger partial charge in [-0.2, -0.15) is 9.36 Å². The Labute approximate surface area is 204 Å². The third kappa shape index (κ3) is 9.62. The normalized spacial score (nSPS) is 10.2. The molecule has 0 saturated heterocycles. The molecule has 0 unspecified atom stereocenters. The Morgan fingerprint density at radius 1 is 1.09 bits per heavy atom. The molecule has 3 amide bonds. The van der Waals surface area contributed by atoms with Crippen molar-refractivity contribution in [2.75, 3.05) is 37.0 Å². The Hall–Kier alpha value is -3.39. The van der Waals surface area contributed by atoms with Crippen molar-refractivity contribution < 1.29 is 28.7 Å². The number of hydrogen-bond acceptors (Lipinski definition) is 11. The van der Waals surface area contributed by atoms with Gasteiger partial charge in [0.2, 0.25) is 16.2 Å². The Morgan fingerprint density at radius 3 is 2.38 bits per heavy atom. The van der Waals surface area contributed by atoms with Gasteiger partial charge in [-0.25, -0.2) is 10.2 Å². The van der Waals surface area contributed by atoms with Gasteiger partial charge in [0.05, 0.1) is 13.2 Å². The van der Waals surface area contributed by atoms with Gasteiger partial charge in [-0.15, -0.1) is 0 Å². The maximum Gasteiger partial charge on any atom is 0.337 e. The number of rotatable bonds is 12. The molecular weight excluding hydrogens is 484 g/mol. The van der Waals surface area contributed by atoms with E-state index in [4.69, 9.17) is 9.47 Å².